The van der Waals surface area contributed by atoms with Crippen molar-refractivity contribution in [2.45, 2.75) is 63.7 Å². The molecule has 1 aromatic rings. The molecular weight excluding hydrogens is 330 g/mol. The first-order valence-corrected chi connectivity index (χ1v) is 10.2. The highest BCUT2D eigenvalue weighted by Gasteiger charge is 2.44. The van der Waals surface area contributed by atoms with E-state index in [0.29, 0.717) is 6.04 Å². The summed E-state index contributed by atoms with van der Waals surface area (Å²) < 4.78 is 5.36. The van der Waals surface area contributed by atoms with E-state index in [2.05, 4.69) is 41.0 Å². The van der Waals surface area contributed by atoms with Gasteiger partial charge in [0.2, 0.25) is 0 Å². The fourth-order valence-electron chi connectivity index (χ4n) is 4.42. The van der Waals surface area contributed by atoms with E-state index in [9.17, 15) is 0 Å². The maximum absolute atomic E-state index is 5.48. The first kappa shape index (κ1) is 18.6. The quantitative estimate of drug-likeness (QED) is 0.486. The SMILES string of the molecule is CCOCCCNC(=S)NC1C[C@H]2CC[C@@H](C1)[NH+]2Cc1ccccc1. The standard InChI is InChI=1S/C20H31N3OS/c1-2-24-12-6-11-21-20(25)22-17-13-18-9-10-19(14-17)23(18)15-16-7-4-3-5-8-16/h3-5,7-8,17-19H,2,6,9-15H2,1H3,(H2,21,22,25)/p+1/t17?,18-,19+. The van der Waals surface area contributed by atoms with Gasteiger partial charge in [0.15, 0.2) is 5.11 Å². The molecule has 2 bridgehead atoms. The van der Waals surface area contributed by atoms with Gasteiger partial charge in [-0.1, -0.05) is 30.3 Å². The molecule has 2 aliphatic heterocycles. The van der Waals surface area contributed by atoms with Crippen molar-refractivity contribution in [2.75, 3.05) is 19.8 Å². The summed E-state index contributed by atoms with van der Waals surface area (Å²) >= 11 is 5.48. The van der Waals surface area contributed by atoms with Crippen molar-refractivity contribution in [3.63, 3.8) is 0 Å². The second-order valence-electron chi connectivity index (χ2n) is 7.33. The lowest BCUT2D eigenvalue weighted by molar-refractivity contribution is -0.954. The Kier molecular flexibility index (Phi) is 7.08. The molecule has 2 saturated heterocycles. The number of thiocarbonyl (C=S) groups is 1. The van der Waals surface area contributed by atoms with E-state index < -0.39 is 0 Å². The van der Waals surface area contributed by atoms with Crippen LogP contribution in [-0.2, 0) is 11.3 Å². The van der Waals surface area contributed by atoms with Crippen LogP contribution in [0.1, 0.15) is 44.6 Å². The third-order valence-electron chi connectivity index (χ3n) is 5.59. The van der Waals surface area contributed by atoms with Crippen molar-refractivity contribution < 1.29 is 9.64 Å². The Bertz CT molecular complexity index is 525. The molecule has 2 unspecified atom stereocenters. The summed E-state index contributed by atoms with van der Waals surface area (Å²) in [6, 6.07) is 13.0. The molecule has 4 atom stereocenters. The fourth-order valence-corrected chi connectivity index (χ4v) is 4.69. The number of nitrogens with one attached hydrogen (secondary N) is 3. The number of benzene rings is 1. The molecule has 25 heavy (non-hydrogen) atoms. The Labute approximate surface area is 157 Å². The van der Waals surface area contributed by atoms with Crippen molar-refractivity contribution >= 4 is 17.3 Å². The largest absolute Gasteiger partial charge is 0.382 e. The van der Waals surface area contributed by atoms with E-state index in [1.54, 1.807) is 4.90 Å². The van der Waals surface area contributed by atoms with Crippen LogP contribution < -0.4 is 15.5 Å². The molecule has 5 heteroatoms. The summed E-state index contributed by atoms with van der Waals surface area (Å²) in [5.74, 6) is 0. The number of rotatable bonds is 8. The minimum Gasteiger partial charge on any atom is -0.382 e. The Hall–Kier alpha value is -1.17. The van der Waals surface area contributed by atoms with Gasteiger partial charge < -0.3 is 20.3 Å². The average Bonchev–Trinajstić information content (AvgIpc) is 2.85. The lowest BCUT2D eigenvalue weighted by Gasteiger charge is -2.36. The lowest BCUT2D eigenvalue weighted by Crippen LogP contribution is -3.17. The number of hydrogen-bond acceptors (Lipinski definition) is 2. The van der Waals surface area contributed by atoms with Gasteiger partial charge in [-0.3, -0.25) is 0 Å². The summed E-state index contributed by atoms with van der Waals surface area (Å²) in [7, 11) is 0. The predicted octanol–water partition coefficient (Wildman–Crippen LogP) is 1.66. The highest BCUT2D eigenvalue weighted by atomic mass is 32.1. The monoisotopic (exact) mass is 362 g/mol. The Morgan fingerprint density at radius 2 is 1.92 bits per heavy atom. The summed E-state index contributed by atoms with van der Waals surface area (Å²) in [6.45, 7) is 5.67. The van der Waals surface area contributed by atoms with E-state index in [4.69, 9.17) is 17.0 Å². The smallest absolute Gasteiger partial charge is 0.166 e. The minimum absolute atomic E-state index is 0.531. The molecule has 0 saturated carbocycles. The van der Waals surface area contributed by atoms with E-state index in [1.165, 1.54) is 37.8 Å². The molecule has 138 valence electrons. The maximum Gasteiger partial charge on any atom is 0.166 e. The second kappa shape index (κ2) is 9.51. The van der Waals surface area contributed by atoms with Crippen molar-refractivity contribution in [1.82, 2.24) is 10.6 Å². The molecule has 0 aromatic heterocycles. The van der Waals surface area contributed by atoms with Gasteiger partial charge in [-0.2, -0.15) is 0 Å². The molecule has 2 heterocycles. The van der Waals surface area contributed by atoms with Gasteiger partial charge >= 0.3 is 0 Å². The van der Waals surface area contributed by atoms with Crippen molar-refractivity contribution in [1.29, 1.82) is 0 Å². The number of fused-ring (bicyclic) bond motifs is 2. The summed E-state index contributed by atoms with van der Waals surface area (Å²) in [4.78, 5) is 1.79. The predicted molar refractivity (Wildman–Crippen MR) is 106 cm³/mol. The van der Waals surface area contributed by atoms with Gasteiger partial charge in [0.25, 0.3) is 0 Å². The molecule has 0 aliphatic carbocycles. The first-order valence-electron chi connectivity index (χ1n) is 9.78. The van der Waals surface area contributed by atoms with Gasteiger partial charge in [0.1, 0.15) is 6.54 Å². The number of piperidine rings is 1. The first-order chi connectivity index (χ1) is 12.3. The molecule has 4 nitrogen and oxygen atoms in total. The van der Waals surface area contributed by atoms with Crippen molar-refractivity contribution in [3.8, 4) is 0 Å². The highest BCUT2D eigenvalue weighted by Crippen LogP contribution is 2.23. The summed E-state index contributed by atoms with van der Waals surface area (Å²) in [5.41, 5.74) is 1.47. The molecule has 0 amide bonds. The molecule has 2 fully saturated rings. The van der Waals surface area contributed by atoms with Crippen LogP contribution in [0.5, 0.6) is 0 Å². The molecule has 2 aliphatic rings. The fraction of sp³-hybridized carbons (Fsp3) is 0.650. The van der Waals surface area contributed by atoms with Crippen LogP contribution in [-0.4, -0.2) is 43.0 Å². The number of ether oxygens (including phenoxy) is 1. The summed E-state index contributed by atoms with van der Waals surface area (Å²) in [5, 5.41) is 7.70. The zero-order valence-corrected chi connectivity index (χ0v) is 16.1. The molecule has 3 N–H and O–H groups in total. The lowest BCUT2D eigenvalue weighted by atomic mass is 9.96. The molecular formula is C20H32N3OS+. The van der Waals surface area contributed by atoms with Gasteiger partial charge in [-0.05, 0) is 25.6 Å². The average molecular weight is 363 g/mol. The Morgan fingerprint density at radius 3 is 2.60 bits per heavy atom. The van der Waals surface area contributed by atoms with Crippen LogP contribution in [0.25, 0.3) is 0 Å². The Morgan fingerprint density at radius 1 is 1.20 bits per heavy atom. The van der Waals surface area contributed by atoms with Crippen LogP contribution in [0.4, 0.5) is 0 Å². The highest BCUT2D eigenvalue weighted by molar-refractivity contribution is 7.80. The van der Waals surface area contributed by atoms with Crippen LogP contribution in [0.2, 0.25) is 0 Å². The molecule has 1 aromatic carbocycles. The number of hydrogen-bond donors (Lipinski definition) is 3. The second-order valence-corrected chi connectivity index (χ2v) is 7.74. The zero-order chi connectivity index (χ0) is 17.5. The Balaban J connectivity index is 1.41. The summed E-state index contributed by atoms with van der Waals surface area (Å²) in [6.07, 6.45) is 6.19. The van der Waals surface area contributed by atoms with Crippen LogP contribution in [0.3, 0.4) is 0 Å². The zero-order valence-electron chi connectivity index (χ0n) is 15.3. The van der Waals surface area contributed by atoms with Gasteiger partial charge in [0, 0.05) is 57.0 Å². The third-order valence-corrected chi connectivity index (χ3v) is 5.85. The number of quaternary nitrogens is 1. The van der Waals surface area contributed by atoms with Crippen LogP contribution in [0.15, 0.2) is 30.3 Å². The molecule has 3 rings (SSSR count). The van der Waals surface area contributed by atoms with Crippen molar-refractivity contribution in [2.24, 2.45) is 0 Å². The van der Waals surface area contributed by atoms with E-state index >= 15 is 0 Å². The van der Waals surface area contributed by atoms with Crippen LogP contribution in [0, 0.1) is 0 Å². The topological polar surface area (TPSA) is 37.7 Å². The normalized spacial score (nSPS) is 27.9. The van der Waals surface area contributed by atoms with E-state index in [0.717, 1.165) is 43.4 Å². The van der Waals surface area contributed by atoms with Crippen molar-refractivity contribution in [3.05, 3.63) is 35.9 Å². The van der Waals surface area contributed by atoms with Crippen LogP contribution >= 0.6 is 12.2 Å². The van der Waals surface area contributed by atoms with E-state index in [-0.39, 0.29) is 0 Å². The van der Waals surface area contributed by atoms with Gasteiger partial charge in [-0.15, -0.1) is 0 Å². The van der Waals surface area contributed by atoms with Gasteiger partial charge in [-0.25, -0.2) is 0 Å². The van der Waals surface area contributed by atoms with Gasteiger partial charge in [0.05, 0.1) is 12.1 Å². The minimum atomic E-state index is 0.531. The third kappa shape index (κ3) is 5.40. The maximum atomic E-state index is 5.48. The van der Waals surface area contributed by atoms with E-state index in [1.807, 2.05) is 6.92 Å². The molecule has 0 spiro atoms. The molecule has 0 radical (unpaired) electrons.